The maximum Gasteiger partial charge on any atom is 0.259 e. The molecule has 1 fully saturated rings. The lowest BCUT2D eigenvalue weighted by Crippen LogP contribution is -2.35. The lowest BCUT2D eigenvalue weighted by atomic mass is 10.1. The molecule has 1 aromatic heterocycles. The summed E-state index contributed by atoms with van der Waals surface area (Å²) in [5.41, 5.74) is 6.23. The van der Waals surface area contributed by atoms with Crippen molar-refractivity contribution in [3.05, 3.63) is 11.2 Å². The molecule has 0 aliphatic carbocycles. The summed E-state index contributed by atoms with van der Waals surface area (Å²) >= 11 is 0. The van der Waals surface area contributed by atoms with Crippen LogP contribution >= 0.6 is 0 Å². The Bertz CT molecular complexity index is 447. The fourth-order valence-electron chi connectivity index (χ4n) is 2.03. The zero-order valence-corrected chi connectivity index (χ0v) is 9.40. The van der Waals surface area contributed by atoms with E-state index in [-0.39, 0.29) is 11.4 Å². The van der Waals surface area contributed by atoms with Gasteiger partial charge in [-0.05, 0) is 26.2 Å². The molecule has 0 spiro atoms. The van der Waals surface area contributed by atoms with Gasteiger partial charge < -0.3 is 15.8 Å². The van der Waals surface area contributed by atoms with Crippen LogP contribution in [0.25, 0.3) is 0 Å². The lowest BCUT2D eigenvalue weighted by molar-refractivity contribution is 0.171. The van der Waals surface area contributed by atoms with Crippen LogP contribution in [-0.4, -0.2) is 28.0 Å². The van der Waals surface area contributed by atoms with Crippen LogP contribution in [0.3, 0.4) is 0 Å². The van der Waals surface area contributed by atoms with E-state index in [1.165, 1.54) is 6.42 Å². The molecular weight excluding hydrogens is 206 g/mol. The van der Waals surface area contributed by atoms with E-state index >= 15 is 0 Å². The largest absolute Gasteiger partial charge is 0.423 e. The van der Waals surface area contributed by atoms with E-state index < -0.39 is 0 Å². The van der Waals surface area contributed by atoms with Crippen molar-refractivity contribution in [2.24, 2.45) is 0 Å². The Hall–Kier alpha value is -1.72. The molecule has 1 aliphatic heterocycles. The van der Waals surface area contributed by atoms with Crippen LogP contribution in [0.2, 0.25) is 0 Å². The first-order valence-electron chi connectivity index (χ1n) is 5.49. The Morgan fingerprint density at radius 3 is 2.56 bits per heavy atom. The van der Waals surface area contributed by atoms with Crippen LogP contribution in [0.4, 0.5) is 11.6 Å². The van der Waals surface area contributed by atoms with Gasteiger partial charge >= 0.3 is 0 Å². The molecule has 88 valence electrons. The molecule has 0 saturated carbocycles. The monoisotopic (exact) mass is 223 g/mol. The van der Waals surface area contributed by atoms with Crippen molar-refractivity contribution in [3.63, 3.8) is 0 Å². The van der Waals surface area contributed by atoms with Crippen molar-refractivity contribution < 1.29 is 5.21 Å². The van der Waals surface area contributed by atoms with Crippen molar-refractivity contribution >= 4 is 11.6 Å². The molecule has 1 aromatic rings. The fraction of sp³-hybridized carbons (Fsp3) is 0.600. The number of nitrogens with two attached hydrogens (primary N) is 1. The first-order chi connectivity index (χ1) is 7.61. The van der Waals surface area contributed by atoms with E-state index in [1.54, 1.807) is 0 Å². The smallest absolute Gasteiger partial charge is 0.259 e. The second-order valence-electron chi connectivity index (χ2n) is 4.13. The van der Waals surface area contributed by atoms with E-state index in [1.807, 2.05) is 6.92 Å². The summed E-state index contributed by atoms with van der Waals surface area (Å²) in [6, 6.07) is 0. The highest BCUT2D eigenvalue weighted by atomic mass is 16.5. The summed E-state index contributed by atoms with van der Waals surface area (Å²) in [6.45, 7) is 3.71. The highest BCUT2D eigenvalue weighted by Gasteiger charge is 2.17. The van der Waals surface area contributed by atoms with Crippen LogP contribution in [0.1, 0.15) is 24.8 Å². The van der Waals surface area contributed by atoms with Gasteiger partial charge in [0.1, 0.15) is 5.82 Å². The zero-order chi connectivity index (χ0) is 11.7. The van der Waals surface area contributed by atoms with Gasteiger partial charge in [-0.25, -0.2) is 0 Å². The van der Waals surface area contributed by atoms with Gasteiger partial charge in [0, 0.05) is 18.7 Å². The average molecular weight is 223 g/mol. The summed E-state index contributed by atoms with van der Waals surface area (Å²) < 4.78 is 0.614. The summed E-state index contributed by atoms with van der Waals surface area (Å²) in [6.07, 6.45) is 3.52. The van der Waals surface area contributed by atoms with E-state index in [0.717, 1.165) is 37.3 Å². The van der Waals surface area contributed by atoms with Crippen LogP contribution in [0.15, 0.2) is 0 Å². The van der Waals surface area contributed by atoms with Crippen molar-refractivity contribution in [1.29, 1.82) is 5.41 Å². The topological polar surface area (TPSA) is 91.2 Å². The number of hydrogen-bond donors (Lipinski definition) is 3. The number of rotatable bonds is 1. The highest BCUT2D eigenvalue weighted by Crippen LogP contribution is 2.22. The van der Waals surface area contributed by atoms with Crippen molar-refractivity contribution in [3.8, 4) is 0 Å². The van der Waals surface area contributed by atoms with Gasteiger partial charge in [-0.15, -0.1) is 4.73 Å². The Morgan fingerprint density at radius 1 is 1.31 bits per heavy atom. The Kier molecular flexibility index (Phi) is 2.72. The number of nitrogen functional groups attached to an aromatic ring is 1. The molecule has 4 N–H and O–H groups in total. The number of piperidine rings is 1. The van der Waals surface area contributed by atoms with Crippen LogP contribution in [-0.2, 0) is 0 Å². The second-order valence-corrected chi connectivity index (χ2v) is 4.13. The predicted octanol–water partition coefficient (Wildman–Crippen LogP) is 0.481. The van der Waals surface area contributed by atoms with Gasteiger partial charge in [0.05, 0.1) is 0 Å². The van der Waals surface area contributed by atoms with Crippen LogP contribution in [0.5, 0.6) is 0 Å². The maximum atomic E-state index is 9.43. The summed E-state index contributed by atoms with van der Waals surface area (Å²) in [7, 11) is 0. The Labute approximate surface area is 93.8 Å². The predicted molar refractivity (Wildman–Crippen MR) is 60.5 cm³/mol. The van der Waals surface area contributed by atoms with Gasteiger partial charge in [0.15, 0.2) is 5.82 Å². The minimum Gasteiger partial charge on any atom is -0.423 e. The molecular formula is C10H17N5O. The highest BCUT2D eigenvalue weighted by molar-refractivity contribution is 5.56. The zero-order valence-electron chi connectivity index (χ0n) is 9.40. The number of anilines is 2. The summed E-state index contributed by atoms with van der Waals surface area (Å²) in [5, 5.41) is 16.9. The molecule has 6 heteroatoms. The van der Waals surface area contributed by atoms with Crippen molar-refractivity contribution in [2.45, 2.75) is 26.2 Å². The number of nitrogens with one attached hydrogen (secondary N) is 1. The summed E-state index contributed by atoms with van der Waals surface area (Å²) in [5.74, 6) is 0.924. The molecule has 0 radical (unpaired) electrons. The Balaban J connectivity index is 2.44. The third-order valence-electron chi connectivity index (χ3n) is 3.02. The van der Waals surface area contributed by atoms with Gasteiger partial charge in [-0.1, -0.05) is 0 Å². The van der Waals surface area contributed by atoms with Crippen LogP contribution in [0, 0.1) is 12.3 Å². The SMILES string of the molecule is Cc1c(N2CCCCC2)nc(=N)n(O)c1N. The first-order valence-corrected chi connectivity index (χ1v) is 5.49. The normalized spacial score (nSPS) is 16.4. The van der Waals surface area contributed by atoms with E-state index in [9.17, 15) is 5.21 Å². The molecule has 2 rings (SSSR count). The van der Waals surface area contributed by atoms with Crippen LogP contribution < -0.4 is 16.3 Å². The minimum atomic E-state index is -0.219. The van der Waals surface area contributed by atoms with Gasteiger partial charge in [-0.2, -0.15) is 4.98 Å². The van der Waals surface area contributed by atoms with Crippen molar-refractivity contribution in [2.75, 3.05) is 23.7 Å². The Morgan fingerprint density at radius 2 is 1.94 bits per heavy atom. The molecule has 0 unspecified atom stereocenters. The molecule has 2 heterocycles. The third kappa shape index (κ3) is 1.70. The van der Waals surface area contributed by atoms with Gasteiger partial charge in [0.25, 0.3) is 5.62 Å². The first kappa shape index (κ1) is 10.8. The summed E-state index contributed by atoms with van der Waals surface area (Å²) in [4.78, 5) is 6.21. The van der Waals surface area contributed by atoms with Crippen molar-refractivity contribution in [1.82, 2.24) is 9.71 Å². The second kappa shape index (κ2) is 4.03. The fourth-order valence-corrected chi connectivity index (χ4v) is 2.03. The molecule has 1 saturated heterocycles. The third-order valence-corrected chi connectivity index (χ3v) is 3.02. The molecule has 0 aromatic carbocycles. The number of aromatic nitrogens is 2. The molecule has 16 heavy (non-hydrogen) atoms. The molecule has 6 nitrogen and oxygen atoms in total. The molecule has 1 aliphatic rings. The molecule has 0 bridgehead atoms. The molecule has 0 atom stereocenters. The number of nitrogens with zero attached hydrogens (tertiary/aromatic N) is 3. The maximum absolute atomic E-state index is 9.43. The van der Waals surface area contributed by atoms with E-state index in [0.29, 0.717) is 4.73 Å². The van der Waals surface area contributed by atoms with E-state index in [4.69, 9.17) is 11.1 Å². The quantitative estimate of drug-likeness (QED) is 0.604. The lowest BCUT2D eigenvalue weighted by Gasteiger charge is -2.29. The van der Waals surface area contributed by atoms with E-state index in [2.05, 4.69) is 9.88 Å². The number of hydrogen-bond acceptors (Lipinski definition) is 5. The minimum absolute atomic E-state index is 0.195. The standard InChI is InChI=1S/C10H17N5O/c1-7-8(11)15(16)10(12)13-9(7)14-5-3-2-4-6-14/h12,16H,2-6,11H2,1H3. The average Bonchev–Trinajstić information content (AvgIpc) is 2.32. The van der Waals surface area contributed by atoms with Gasteiger partial charge in [0.2, 0.25) is 0 Å². The van der Waals surface area contributed by atoms with Gasteiger partial charge in [-0.3, -0.25) is 5.41 Å². The molecule has 0 amide bonds.